The first-order chi connectivity index (χ1) is 11.5. The Bertz CT molecular complexity index is 771. The first kappa shape index (κ1) is 18.7. The van der Waals surface area contributed by atoms with Crippen LogP contribution in [0.1, 0.15) is 22.3 Å². The van der Waals surface area contributed by atoms with E-state index in [-0.39, 0.29) is 5.56 Å². The Kier molecular flexibility index (Phi) is 5.01. The standard InChI is InChI=1S/C17H10F6O2/c18-16(19,20)13-7-5-11(6-8-13)10-1-3-12(4-2-10)14(24)9-15(25)17(21,22)23/h1-8H,9H2. The largest absolute Gasteiger partial charge is 0.450 e. The number of halogens is 6. The molecule has 0 aliphatic heterocycles. The smallest absolute Gasteiger partial charge is 0.294 e. The number of alkyl halides is 6. The van der Waals surface area contributed by atoms with Crippen LogP contribution in [-0.4, -0.2) is 17.7 Å². The lowest BCUT2D eigenvalue weighted by molar-refractivity contribution is -0.170. The van der Waals surface area contributed by atoms with Crippen molar-refractivity contribution in [2.45, 2.75) is 18.8 Å². The molecular weight excluding hydrogens is 350 g/mol. The minimum absolute atomic E-state index is 0.0896. The lowest BCUT2D eigenvalue weighted by atomic mass is 10.00. The average Bonchev–Trinajstić information content (AvgIpc) is 2.53. The maximum Gasteiger partial charge on any atom is 0.450 e. The summed E-state index contributed by atoms with van der Waals surface area (Å²) in [4.78, 5) is 22.5. The van der Waals surface area contributed by atoms with E-state index in [1.165, 1.54) is 36.4 Å². The predicted octanol–water partition coefficient (Wildman–Crippen LogP) is 5.08. The highest BCUT2D eigenvalue weighted by molar-refractivity contribution is 6.09. The molecule has 2 nitrogen and oxygen atoms in total. The Morgan fingerprint density at radius 1 is 0.720 bits per heavy atom. The molecule has 0 unspecified atom stereocenters. The van der Waals surface area contributed by atoms with Crippen LogP contribution in [0.25, 0.3) is 11.1 Å². The summed E-state index contributed by atoms with van der Waals surface area (Å²) in [5, 5.41) is 0. The lowest BCUT2D eigenvalue weighted by Gasteiger charge is -2.08. The molecule has 2 rings (SSSR count). The van der Waals surface area contributed by atoms with Crippen LogP contribution < -0.4 is 0 Å². The fraction of sp³-hybridized carbons (Fsp3) is 0.176. The average molecular weight is 360 g/mol. The number of hydrogen-bond donors (Lipinski definition) is 0. The topological polar surface area (TPSA) is 34.1 Å². The molecule has 0 radical (unpaired) electrons. The van der Waals surface area contributed by atoms with Crippen molar-refractivity contribution in [3.8, 4) is 11.1 Å². The van der Waals surface area contributed by atoms with Crippen LogP contribution in [0.2, 0.25) is 0 Å². The van der Waals surface area contributed by atoms with Crippen molar-refractivity contribution in [2.24, 2.45) is 0 Å². The molecule has 0 heterocycles. The molecule has 0 bridgehead atoms. The monoisotopic (exact) mass is 360 g/mol. The fourth-order valence-electron chi connectivity index (χ4n) is 2.05. The normalized spacial score (nSPS) is 12.1. The van der Waals surface area contributed by atoms with Crippen molar-refractivity contribution in [2.75, 3.05) is 0 Å². The third kappa shape index (κ3) is 4.68. The van der Waals surface area contributed by atoms with E-state index in [0.29, 0.717) is 11.1 Å². The van der Waals surface area contributed by atoms with Gasteiger partial charge in [-0.1, -0.05) is 36.4 Å². The van der Waals surface area contributed by atoms with Gasteiger partial charge in [0.15, 0.2) is 5.78 Å². The lowest BCUT2D eigenvalue weighted by Crippen LogP contribution is -2.25. The Morgan fingerprint density at radius 3 is 1.56 bits per heavy atom. The second-order valence-corrected chi connectivity index (χ2v) is 5.17. The summed E-state index contributed by atoms with van der Waals surface area (Å²) in [6.07, 6.45) is -10.8. The molecule has 132 valence electrons. The van der Waals surface area contributed by atoms with Gasteiger partial charge >= 0.3 is 12.4 Å². The second-order valence-electron chi connectivity index (χ2n) is 5.17. The van der Waals surface area contributed by atoms with Crippen LogP contribution in [0.4, 0.5) is 26.3 Å². The van der Waals surface area contributed by atoms with Crippen LogP contribution >= 0.6 is 0 Å². The number of hydrogen-bond acceptors (Lipinski definition) is 2. The van der Waals surface area contributed by atoms with E-state index in [2.05, 4.69) is 0 Å². The highest BCUT2D eigenvalue weighted by atomic mass is 19.4. The zero-order valence-corrected chi connectivity index (χ0v) is 12.4. The summed E-state index contributed by atoms with van der Waals surface area (Å²) >= 11 is 0. The van der Waals surface area contributed by atoms with E-state index in [4.69, 9.17) is 0 Å². The third-order valence-corrected chi connectivity index (χ3v) is 3.39. The first-order valence-corrected chi connectivity index (χ1v) is 6.89. The fourth-order valence-corrected chi connectivity index (χ4v) is 2.05. The zero-order valence-electron chi connectivity index (χ0n) is 12.4. The van der Waals surface area contributed by atoms with Gasteiger partial charge in [0.2, 0.25) is 5.78 Å². The molecule has 0 saturated heterocycles. The predicted molar refractivity (Wildman–Crippen MR) is 76.9 cm³/mol. The number of carbonyl (C=O) groups excluding carboxylic acids is 2. The summed E-state index contributed by atoms with van der Waals surface area (Å²) in [6, 6.07) is 9.49. The van der Waals surface area contributed by atoms with Crippen molar-refractivity contribution >= 4 is 11.6 Å². The number of ketones is 2. The minimum Gasteiger partial charge on any atom is -0.294 e. The second kappa shape index (κ2) is 6.70. The van der Waals surface area contributed by atoms with Gasteiger partial charge in [-0.25, -0.2) is 0 Å². The Balaban J connectivity index is 2.14. The number of benzene rings is 2. The van der Waals surface area contributed by atoms with Gasteiger partial charge in [0.05, 0.1) is 12.0 Å². The molecule has 0 atom stereocenters. The van der Waals surface area contributed by atoms with E-state index in [9.17, 15) is 35.9 Å². The van der Waals surface area contributed by atoms with E-state index in [1.54, 1.807) is 0 Å². The highest BCUT2D eigenvalue weighted by Gasteiger charge is 2.39. The van der Waals surface area contributed by atoms with Crippen molar-refractivity contribution in [3.05, 3.63) is 59.7 Å². The quantitative estimate of drug-likeness (QED) is 0.433. The summed E-state index contributed by atoms with van der Waals surface area (Å²) in [6.45, 7) is 0. The van der Waals surface area contributed by atoms with E-state index in [1.807, 2.05) is 0 Å². The van der Waals surface area contributed by atoms with E-state index in [0.717, 1.165) is 12.1 Å². The summed E-state index contributed by atoms with van der Waals surface area (Å²) in [7, 11) is 0. The van der Waals surface area contributed by atoms with Crippen LogP contribution in [0.5, 0.6) is 0 Å². The molecule has 0 N–H and O–H groups in total. The maximum atomic E-state index is 12.5. The maximum absolute atomic E-state index is 12.5. The van der Waals surface area contributed by atoms with Gasteiger partial charge < -0.3 is 0 Å². The number of rotatable bonds is 4. The molecule has 0 aliphatic carbocycles. The van der Waals surface area contributed by atoms with Crippen molar-refractivity contribution < 1.29 is 35.9 Å². The summed E-state index contributed by atoms with van der Waals surface area (Å²) < 4.78 is 74.0. The highest BCUT2D eigenvalue weighted by Crippen LogP contribution is 2.31. The molecule has 2 aromatic rings. The molecule has 25 heavy (non-hydrogen) atoms. The minimum atomic E-state index is -5.07. The van der Waals surface area contributed by atoms with Gasteiger partial charge in [-0.05, 0) is 23.3 Å². The SMILES string of the molecule is O=C(CC(=O)C(F)(F)F)c1ccc(-c2ccc(C(F)(F)F)cc2)cc1. The number of carbonyl (C=O) groups is 2. The van der Waals surface area contributed by atoms with Gasteiger partial charge in [0.25, 0.3) is 0 Å². The van der Waals surface area contributed by atoms with Crippen molar-refractivity contribution in [1.82, 2.24) is 0 Å². The molecule has 0 saturated carbocycles. The Labute approximate surface area is 138 Å². The molecule has 8 heteroatoms. The van der Waals surface area contributed by atoms with Gasteiger partial charge in [0, 0.05) is 5.56 Å². The number of Topliss-reactive ketones (excluding diaryl/α,β-unsaturated/α-hetero) is 2. The van der Waals surface area contributed by atoms with E-state index >= 15 is 0 Å². The molecule has 0 aromatic heterocycles. The third-order valence-electron chi connectivity index (χ3n) is 3.39. The van der Waals surface area contributed by atoms with Crippen LogP contribution in [0.3, 0.4) is 0 Å². The Morgan fingerprint density at radius 2 is 1.16 bits per heavy atom. The molecule has 0 amide bonds. The van der Waals surface area contributed by atoms with Gasteiger partial charge in [-0.2, -0.15) is 26.3 Å². The molecule has 0 aliphatic rings. The van der Waals surface area contributed by atoms with Crippen molar-refractivity contribution in [3.63, 3.8) is 0 Å². The van der Waals surface area contributed by atoms with Gasteiger partial charge in [-0.3, -0.25) is 9.59 Å². The van der Waals surface area contributed by atoms with Crippen LogP contribution in [-0.2, 0) is 11.0 Å². The molecule has 0 fully saturated rings. The van der Waals surface area contributed by atoms with Crippen molar-refractivity contribution in [1.29, 1.82) is 0 Å². The van der Waals surface area contributed by atoms with Crippen LogP contribution in [0.15, 0.2) is 48.5 Å². The summed E-state index contributed by atoms with van der Waals surface area (Å²) in [5.74, 6) is -3.12. The molecular formula is C17H10F6O2. The molecule has 0 spiro atoms. The molecule has 2 aromatic carbocycles. The van der Waals surface area contributed by atoms with Gasteiger partial charge in [0.1, 0.15) is 0 Å². The van der Waals surface area contributed by atoms with Crippen LogP contribution in [0, 0.1) is 0 Å². The summed E-state index contributed by atoms with van der Waals surface area (Å²) in [5.41, 5.74) is 0.0211. The van der Waals surface area contributed by atoms with E-state index < -0.39 is 35.9 Å². The first-order valence-electron chi connectivity index (χ1n) is 6.89. The van der Waals surface area contributed by atoms with Gasteiger partial charge in [-0.15, -0.1) is 0 Å². The zero-order chi connectivity index (χ0) is 18.8. The Hall–Kier alpha value is -2.64.